The number of hydrogen-bond donors (Lipinski definition) is 0. The zero-order valence-electron chi connectivity index (χ0n) is 12.8. The van der Waals surface area contributed by atoms with Crippen LogP contribution in [0.15, 0.2) is 0 Å². The molecule has 1 unspecified atom stereocenters. The molecule has 0 aromatic carbocycles. The topological polar surface area (TPSA) is 77.3 Å². The Hall–Kier alpha value is -1.92. The van der Waals surface area contributed by atoms with Crippen LogP contribution in [0.2, 0.25) is 0 Å². The minimum Gasteiger partial charge on any atom is -0.461 e. The minimum absolute atomic E-state index is 0.0191. The molecule has 2 rings (SSSR count). The Balaban J connectivity index is 2.06. The van der Waals surface area contributed by atoms with Crippen LogP contribution < -0.4 is 0 Å². The lowest BCUT2D eigenvalue weighted by Gasteiger charge is -2.33. The lowest BCUT2D eigenvalue weighted by molar-refractivity contribution is -0.135. The molecule has 2 heterocycles. The van der Waals surface area contributed by atoms with E-state index >= 15 is 0 Å². The van der Waals surface area contributed by atoms with Gasteiger partial charge in [-0.1, -0.05) is 5.21 Å². The molecule has 21 heavy (non-hydrogen) atoms. The van der Waals surface area contributed by atoms with E-state index in [1.807, 2.05) is 4.90 Å². The normalized spacial score (nSPS) is 18.6. The second-order valence-electron chi connectivity index (χ2n) is 5.33. The standard InChI is InChI=1S/C14H22N4O3/c1-4-21-14(20)13-11(3)18(16-15-13)9-12(19)17-8-6-5-7-10(17)2/h10H,4-9H2,1-3H3. The third-order valence-corrected chi connectivity index (χ3v) is 3.86. The van der Waals surface area contributed by atoms with Crippen molar-refractivity contribution in [1.29, 1.82) is 0 Å². The highest BCUT2D eigenvalue weighted by Crippen LogP contribution is 2.17. The molecular formula is C14H22N4O3. The minimum atomic E-state index is -0.500. The van der Waals surface area contributed by atoms with E-state index in [9.17, 15) is 9.59 Å². The highest BCUT2D eigenvalue weighted by Gasteiger charge is 2.25. The second-order valence-corrected chi connectivity index (χ2v) is 5.33. The van der Waals surface area contributed by atoms with Gasteiger partial charge < -0.3 is 9.64 Å². The molecule has 7 nitrogen and oxygen atoms in total. The van der Waals surface area contributed by atoms with Crippen LogP contribution in [0.25, 0.3) is 0 Å². The summed E-state index contributed by atoms with van der Waals surface area (Å²) in [6.07, 6.45) is 3.25. The van der Waals surface area contributed by atoms with Gasteiger partial charge in [-0.3, -0.25) is 4.79 Å². The number of esters is 1. The smallest absolute Gasteiger partial charge is 0.360 e. The van der Waals surface area contributed by atoms with Gasteiger partial charge in [-0.15, -0.1) is 5.10 Å². The summed E-state index contributed by atoms with van der Waals surface area (Å²) >= 11 is 0. The number of piperidine rings is 1. The van der Waals surface area contributed by atoms with E-state index in [4.69, 9.17) is 4.74 Å². The van der Waals surface area contributed by atoms with E-state index < -0.39 is 5.97 Å². The molecule has 1 atom stereocenters. The van der Waals surface area contributed by atoms with Crippen LogP contribution in [0.5, 0.6) is 0 Å². The van der Waals surface area contributed by atoms with Gasteiger partial charge in [0.15, 0.2) is 5.69 Å². The van der Waals surface area contributed by atoms with Crippen molar-refractivity contribution in [1.82, 2.24) is 19.9 Å². The summed E-state index contributed by atoms with van der Waals surface area (Å²) in [6, 6.07) is 0.264. The zero-order chi connectivity index (χ0) is 15.4. The Kier molecular flexibility index (Phi) is 4.93. The average Bonchev–Trinajstić information content (AvgIpc) is 2.81. The highest BCUT2D eigenvalue weighted by atomic mass is 16.5. The lowest BCUT2D eigenvalue weighted by atomic mass is 10.0. The number of aromatic nitrogens is 3. The average molecular weight is 294 g/mol. The van der Waals surface area contributed by atoms with Crippen molar-refractivity contribution in [2.45, 2.75) is 52.6 Å². The van der Waals surface area contributed by atoms with Gasteiger partial charge >= 0.3 is 5.97 Å². The maximum absolute atomic E-state index is 12.4. The Labute approximate surface area is 124 Å². The van der Waals surface area contributed by atoms with Gasteiger partial charge in [0.2, 0.25) is 5.91 Å². The largest absolute Gasteiger partial charge is 0.461 e. The molecule has 0 spiro atoms. The van der Waals surface area contributed by atoms with Crippen molar-refractivity contribution in [2.24, 2.45) is 0 Å². The summed E-state index contributed by atoms with van der Waals surface area (Å²) in [5.41, 5.74) is 0.739. The van der Waals surface area contributed by atoms with E-state index in [1.165, 1.54) is 11.1 Å². The van der Waals surface area contributed by atoms with Crippen LogP contribution in [-0.4, -0.2) is 51.0 Å². The number of hydrogen-bond acceptors (Lipinski definition) is 5. The first-order valence-corrected chi connectivity index (χ1v) is 7.41. The fourth-order valence-electron chi connectivity index (χ4n) is 2.59. The molecule has 1 aliphatic rings. The molecule has 0 aliphatic carbocycles. The van der Waals surface area contributed by atoms with E-state index in [0.717, 1.165) is 19.4 Å². The van der Waals surface area contributed by atoms with Crippen LogP contribution in [0, 0.1) is 6.92 Å². The maximum atomic E-state index is 12.4. The maximum Gasteiger partial charge on any atom is 0.360 e. The number of likely N-dealkylation sites (tertiary alicyclic amines) is 1. The first-order valence-electron chi connectivity index (χ1n) is 7.41. The predicted octanol–water partition coefficient (Wildman–Crippen LogP) is 1.16. The Morgan fingerprint density at radius 2 is 2.14 bits per heavy atom. The van der Waals surface area contributed by atoms with E-state index in [0.29, 0.717) is 5.69 Å². The number of nitrogens with zero attached hydrogens (tertiary/aromatic N) is 4. The van der Waals surface area contributed by atoms with Crippen molar-refractivity contribution < 1.29 is 14.3 Å². The summed E-state index contributed by atoms with van der Waals surface area (Å²) < 4.78 is 6.38. The van der Waals surface area contributed by atoms with Gasteiger partial charge in [0, 0.05) is 12.6 Å². The monoisotopic (exact) mass is 294 g/mol. The Morgan fingerprint density at radius 1 is 1.38 bits per heavy atom. The van der Waals surface area contributed by atoms with E-state index in [1.54, 1.807) is 13.8 Å². The molecule has 1 aromatic rings. The fourth-order valence-corrected chi connectivity index (χ4v) is 2.59. The molecule has 0 bridgehead atoms. The molecule has 1 amide bonds. The molecule has 0 radical (unpaired) electrons. The third-order valence-electron chi connectivity index (χ3n) is 3.86. The number of rotatable bonds is 4. The molecule has 7 heteroatoms. The van der Waals surface area contributed by atoms with Crippen LogP contribution in [-0.2, 0) is 16.1 Å². The van der Waals surface area contributed by atoms with Crippen molar-refractivity contribution in [2.75, 3.05) is 13.2 Å². The summed E-state index contributed by atoms with van der Waals surface area (Å²) in [7, 11) is 0. The van der Waals surface area contributed by atoms with Crippen LogP contribution in [0.1, 0.15) is 49.3 Å². The van der Waals surface area contributed by atoms with Crippen molar-refractivity contribution in [3.8, 4) is 0 Å². The van der Waals surface area contributed by atoms with Crippen LogP contribution in [0.4, 0.5) is 0 Å². The summed E-state index contributed by atoms with van der Waals surface area (Å²) in [5.74, 6) is -0.481. The van der Waals surface area contributed by atoms with Gasteiger partial charge in [0.1, 0.15) is 6.54 Å². The molecule has 1 fully saturated rings. The molecule has 1 saturated heterocycles. The molecule has 116 valence electrons. The third kappa shape index (κ3) is 3.40. The van der Waals surface area contributed by atoms with Gasteiger partial charge in [0.25, 0.3) is 0 Å². The summed E-state index contributed by atoms with van der Waals surface area (Å²) in [4.78, 5) is 25.9. The molecule has 1 aromatic heterocycles. The highest BCUT2D eigenvalue weighted by molar-refractivity contribution is 5.88. The van der Waals surface area contributed by atoms with Gasteiger partial charge in [-0.2, -0.15) is 0 Å². The van der Waals surface area contributed by atoms with Crippen molar-refractivity contribution in [3.05, 3.63) is 11.4 Å². The fraction of sp³-hybridized carbons (Fsp3) is 0.714. The number of amides is 1. The van der Waals surface area contributed by atoms with Gasteiger partial charge in [-0.05, 0) is 40.0 Å². The van der Waals surface area contributed by atoms with E-state index in [-0.39, 0.29) is 30.8 Å². The quantitative estimate of drug-likeness (QED) is 0.779. The molecule has 0 saturated carbocycles. The van der Waals surface area contributed by atoms with Crippen LogP contribution in [0.3, 0.4) is 0 Å². The SMILES string of the molecule is CCOC(=O)c1nnn(CC(=O)N2CCCCC2C)c1C. The number of carbonyl (C=O) groups is 2. The second kappa shape index (κ2) is 6.69. The van der Waals surface area contributed by atoms with Gasteiger partial charge in [-0.25, -0.2) is 9.48 Å². The molecular weight excluding hydrogens is 272 g/mol. The Bertz CT molecular complexity index is 526. The van der Waals surface area contributed by atoms with E-state index in [2.05, 4.69) is 17.2 Å². The van der Waals surface area contributed by atoms with Crippen LogP contribution >= 0.6 is 0 Å². The molecule has 1 aliphatic heterocycles. The number of ether oxygens (including phenoxy) is 1. The number of carbonyl (C=O) groups excluding carboxylic acids is 2. The summed E-state index contributed by atoms with van der Waals surface area (Å²) in [5, 5.41) is 7.72. The zero-order valence-corrected chi connectivity index (χ0v) is 12.8. The van der Waals surface area contributed by atoms with Crippen molar-refractivity contribution >= 4 is 11.9 Å². The first-order chi connectivity index (χ1) is 10.0. The van der Waals surface area contributed by atoms with Crippen molar-refractivity contribution in [3.63, 3.8) is 0 Å². The first kappa shape index (κ1) is 15.5. The van der Waals surface area contributed by atoms with Gasteiger partial charge in [0.05, 0.1) is 12.3 Å². The summed E-state index contributed by atoms with van der Waals surface area (Å²) in [6.45, 7) is 6.71. The lowest BCUT2D eigenvalue weighted by Crippen LogP contribution is -2.43. The predicted molar refractivity (Wildman–Crippen MR) is 75.7 cm³/mol. The molecule has 0 N–H and O–H groups in total. The Morgan fingerprint density at radius 3 is 2.81 bits per heavy atom.